The van der Waals surface area contributed by atoms with Gasteiger partial charge in [0.2, 0.25) is 0 Å². The first-order chi connectivity index (χ1) is 1.41. The van der Waals surface area contributed by atoms with Crippen LogP contribution in [0.1, 0.15) is 0 Å². The first-order valence-corrected chi connectivity index (χ1v) is 2.86. The van der Waals surface area contributed by atoms with Crippen molar-refractivity contribution in [3.63, 3.8) is 0 Å². The lowest BCUT2D eigenvalue weighted by Crippen LogP contribution is -3.00. The van der Waals surface area contributed by atoms with Crippen molar-refractivity contribution in [1.82, 2.24) is 0 Å². The van der Waals surface area contributed by atoms with Gasteiger partial charge in [-0.15, -0.1) is 0 Å². The molecule has 0 saturated carbocycles. The molecule has 0 spiro atoms. The molecule has 4 heavy (non-hydrogen) atoms. The van der Waals surface area contributed by atoms with E-state index in [1.807, 2.05) is 6.26 Å². The normalized spacial score (nSPS) is 4.50. The third-order valence-corrected chi connectivity index (χ3v) is 0. The third-order valence-electron chi connectivity index (χ3n) is 0. The summed E-state index contributed by atoms with van der Waals surface area (Å²) in [6.45, 7) is 0. The van der Waals surface area contributed by atoms with Gasteiger partial charge in [0, 0.05) is 0 Å². The zero-order valence-electron chi connectivity index (χ0n) is 2.20. The van der Waals surface area contributed by atoms with Crippen LogP contribution in [0.5, 0.6) is 0 Å². The third kappa shape index (κ3) is 12.6. The van der Waals surface area contributed by atoms with Gasteiger partial charge in [-0.25, -0.2) is 0 Å². The Morgan fingerprint density at radius 2 is 1.75 bits per heavy atom. The van der Waals surface area contributed by atoms with Crippen LogP contribution in [0.25, 0.3) is 0 Å². The van der Waals surface area contributed by atoms with Gasteiger partial charge < -0.3 is 12.4 Å². The molecule has 0 N–H and O–H groups in total. The molecule has 0 nitrogen and oxygen atoms in total. The van der Waals surface area contributed by atoms with Crippen LogP contribution < -0.4 is 12.4 Å². The van der Waals surface area contributed by atoms with Gasteiger partial charge in [-0.3, -0.25) is 0 Å². The summed E-state index contributed by atoms with van der Waals surface area (Å²) >= 11 is 0. The molecule has 0 atom stereocenters. The second-order valence-electron chi connectivity index (χ2n) is 0.169. The Hall–Kier alpha value is 0.930. The minimum absolute atomic E-state index is 0. The standard InChI is InChI=1S/CH3ClS.ClH/c1-3-2;/h1H3;1H. The van der Waals surface area contributed by atoms with Gasteiger partial charge in [0.15, 0.2) is 10.7 Å². The molecule has 0 radical (unpaired) electrons. The molecule has 3 heteroatoms. The van der Waals surface area contributed by atoms with Crippen LogP contribution in [0.15, 0.2) is 0 Å². The van der Waals surface area contributed by atoms with E-state index < -0.39 is 0 Å². The fourth-order valence-corrected chi connectivity index (χ4v) is 0. The van der Waals surface area contributed by atoms with Crippen LogP contribution in [0.3, 0.4) is 0 Å². The minimum atomic E-state index is 0. The molecule has 0 heterocycles. The van der Waals surface area contributed by atoms with Crippen molar-refractivity contribution in [3.8, 4) is 0 Å². The number of hydrogen-bond donors (Lipinski definition) is 0. The van der Waals surface area contributed by atoms with Gasteiger partial charge >= 0.3 is 0 Å². The van der Waals surface area contributed by atoms with Crippen LogP contribution in [0, 0.1) is 0 Å². The summed E-state index contributed by atoms with van der Waals surface area (Å²) < 4.78 is 0. The fourth-order valence-electron chi connectivity index (χ4n) is 0. The Labute approximate surface area is 40.8 Å². The first-order valence-electron chi connectivity index (χ1n) is 0.616. The van der Waals surface area contributed by atoms with Crippen molar-refractivity contribution < 1.29 is 12.4 Å². The highest BCUT2D eigenvalue weighted by Gasteiger charge is 1.53. The molecule has 0 aliphatic carbocycles. The molecule has 0 aromatic heterocycles. The van der Waals surface area contributed by atoms with E-state index in [9.17, 15) is 0 Å². The summed E-state index contributed by atoms with van der Waals surface area (Å²) in [5, 5.41) is 0. The van der Waals surface area contributed by atoms with Crippen molar-refractivity contribution in [2.45, 2.75) is 0 Å². The maximum absolute atomic E-state index is 4.97. The van der Waals surface area contributed by atoms with Gasteiger partial charge in [-0.2, -0.15) is 0 Å². The van der Waals surface area contributed by atoms with Crippen molar-refractivity contribution in [1.29, 1.82) is 0 Å². The molecule has 0 bridgehead atoms. The molecule has 0 aliphatic rings. The highest BCUT2D eigenvalue weighted by atomic mass is 35.7. The van der Waals surface area contributed by atoms with Crippen LogP contribution in [-0.2, 0) is 11.0 Å². The summed E-state index contributed by atoms with van der Waals surface area (Å²) in [4.78, 5) is 0. The zero-order valence-corrected chi connectivity index (χ0v) is 4.61. The highest BCUT2D eigenvalue weighted by molar-refractivity contribution is 8.02. The summed E-state index contributed by atoms with van der Waals surface area (Å²) in [7, 11) is 5.86. The molecule has 0 aromatic carbocycles. The number of halogens is 2. The molecule has 0 amide bonds. The average Bonchev–Trinajstić information content (AvgIpc) is 0.918. The molecule has 0 rings (SSSR count). The summed E-state index contributed by atoms with van der Waals surface area (Å²) in [6, 6.07) is 0. The summed E-state index contributed by atoms with van der Waals surface area (Å²) in [5.74, 6) is 0. The van der Waals surface area contributed by atoms with E-state index in [1.165, 1.54) is 0 Å². The lowest BCUT2D eigenvalue weighted by molar-refractivity contribution is -0.000000566. The van der Waals surface area contributed by atoms with Gasteiger partial charge in [0.1, 0.15) is 6.26 Å². The van der Waals surface area contributed by atoms with Crippen LogP contribution in [-0.4, -0.2) is 6.26 Å². The monoisotopic (exact) mass is 118 g/mol. The topological polar surface area (TPSA) is 0 Å². The Morgan fingerprint density at radius 1 is 1.75 bits per heavy atom. The van der Waals surface area contributed by atoms with E-state index in [0.29, 0.717) is 0 Å². The molecular weight excluding hydrogens is 115 g/mol. The first kappa shape index (κ1) is 8.87. The van der Waals surface area contributed by atoms with E-state index >= 15 is 0 Å². The Balaban J connectivity index is 0. The van der Waals surface area contributed by atoms with Gasteiger partial charge in [-0.1, -0.05) is 0 Å². The number of rotatable bonds is 0. The zero-order chi connectivity index (χ0) is 2.71. The molecule has 0 saturated heterocycles. The fraction of sp³-hybridized carbons (Fsp3) is 1.00. The molecule has 0 aromatic rings. The quantitative estimate of drug-likeness (QED) is 0.246. The maximum Gasteiger partial charge on any atom is 0.173 e. The van der Waals surface area contributed by atoms with E-state index in [0.717, 1.165) is 11.0 Å². The molecular formula is CH4Cl2S. The lowest BCUT2D eigenvalue weighted by Gasteiger charge is -1.30. The smallest absolute Gasteiger partial charge is 0.173 e. The molecule has 28 valence electrons. The van der Waals surface area contributed by atoms with Gasteiger partial charge in [0.25, 0.3) is 0 Å². The van der Waals surface area contributed by atoms with Crippen molar-refractivity contribution in [2.24, 2.45) is 0 Å². The number of thiol groups is 1. The molecule has 0 unspecified atom stereocenters. The average molecular weight is 119 g/mol. The van der Waals surface area contributed by atoms with Gasteiger partial charge in [-0.05, 0) is 0 Å². The van der Waals surface area contributed by atoms with Crippen LogP contribution in [0.2, 0.25) is 0 Å². The van der Waals surface area contributed by atoms with Crippen molar-refractivity contribution >= 4 is 21.7 Å². The van der Waals surface area contributed by atoms with E-state index in [4.69, 9.17) is 10.7 Å². The van der Waals surface area contributed by atoms with Crippen molar-refractivity contribution in [2.75, 3.05) is 6.26 Å². The molecule has 0 aliphatic heterocycles. The second-order valence-corrected chi connectivity index (χ2v) is 1.52. The second kappa shape index (κ2) is 9.06. The lowest BCUT2D eigenvalue weighted by atomic mass is 12.0. The summed E-state index contributed by atoms with van der Waals surface area (Å²) in [6.07, 6.45) is 1.86. The highest BCUT2D eigenvalue weighted by Crippen LogP contribution is 1.62. The largest absolute Gasteiger partial charge is 1.00 e. The Kier molecular flexibility index (Phi) is 20.1. The number of hydrogen-bond acceptors (Lipinski definition) is 0. The van der Waals surface area contributed by atoms with Crippen LogP contribution in [0.4, 0.5) is 0 Å². The van der Waals surface area contributed by atoms with E-state index in [2.05, 4.69) is 0 Å². The van der Waals surface area contributed by atoms with Crippen molar-refractivity contribution in [3.05, 3.63) is 0 Å². The minimum Gasteiger partial charge on any atom is -1.00 e. The molecule has 0 fully saturated rings. The van der Waals surface area contributed by atoms with Gasteiger partial charge in [0.05, 0.1) is 11.0 Å². The van der Waals surface area contributed by atoms with E-state index in [1.54, 1.807) is 0 Å². The SMILES string of the molecule is C[SH+]Cl.[Cl-]. The Bertz CT molecular complexity index is 6.00. The predicted octanol–water partition coefficient (Wildman–Crippen LogP) is -2.41. The summed E-state index contributed by atoms with van der Waals surface area (Å²) in [5.41, 5.74) is 0. The van der Waals surface area contributed by atoms with Crippen LogP contribution >= 0.6 is 10.7 Å². The predicted molar refractivity (Wildman–Crippen MR) is 20.5 cm³/mol. The Morgan fingerprint density at radius 3 is 1.75 bits per heavy atom. The van der Waals surface area contributed by atoms with E-state index in [-0.39, 0.29) is 12.4 Å². The maximum atomic E-state index is 4.97.